The van der Waals surface area contributed by atoms with Crippen LogP contribution in [0.1, 0.15) is 5.56 Å². The first-order chi connectivity index (χ1) is 9.67. The molecule has 7 nitrogen and oxygen atoms in total. The van der Waals surface area contributed by atoms with Crippen molar-refractivity contribution in [3.05, 3.63) is 42.2 Å². The molecule has 1 aromatic carbocycles. The minimum Gasteiger partial charge on any atom is -0.394 e. The van der Waals surface area contributed by atoms with E-state index in [4.69, 9.17) is 10.8 Å². The Labute approximate surface area is 116 Å². The second-order valence-corrected chi connectivity index (χ2v) is 4.26. The van der Waals surface area contributed by atoms with Crippen LogP contribution >= 0.6 is 0 Å². The van der Waals surface area contributed by atoms with Crippen LogP contribution in [0.2, 0.25) is 0 Å². The van der Waals surface area contributed by atoms with Crippen LogP contribution in [0.25, 0.3) is 0 Å². The fourth-order valence-electron chi connectivity index (χ4n) is 1.78. The maximum atomic E-state index is 10.8. The summed E-state index contributed by atoms with van der Waals surface area (Å²) in [5, 5.41) is 18.7. The summed E-state index contributed by atoms with van der Waals surface area (Å²) in [5.74, 6) is 0. The van der Waals surface area contributed by atoms with E-state index in [1.165, 1.54) is 0 Å². The zero-order chi connectivity index (χ0) is 14.4. The number of hydrogen-bond acceptors (Lipinski definition) is 4. The van der Waals surface area contributed by atoms with Gasteiger partial charge in [-0.3, -0.25) is 4.68 Å². The minimum absolute atomic E-state index is 0.0649. The molecule has 0 aliphatic rings. The number of urea groups is 1. The van der Waals surface area contributed by atoms with Gasteiger partial charge >= 0.3 is 6.03 Å². The van der Waals surface area contributed by atoms with Gasteiger partial charge in [-0.15, -0.1) is 0 Å². The van der Waals surface area contributed by atoms with Crippen molar-refractivity contribution in [2.75, 3.05) is 17.2 Å². The lowest BCUT2D eigenvalue weighted by Crippen LogP contribution is -2.19. The molecule has 20 heavy (non-hydrogen) atoms. The van der Waals surface area contributed by atoms with E-state index in [1.54, 1.807) is 23.0 Å². The van der Waals surface area contributed by atoms with Gasteiger partial charge in [0.2, 0.25) is 0 Å². The minimum atomic E-state index is -0.590. The van der Waals surface area contributed by atoms with Gasteiger partial charge in [-0.05, 0) is 18.2 Å². The van der Waals surface area contributed by atoms with E-state index in [0.717, 1.165) is 11.3 Å². The lowest BCUT2D eigenvalue weighted by molar-refractivity contribution is 0.259. The number of aromatic nitrogens is 2. The van der Waals surface area contributed by atoms with Crippen molar-refractivity contribution in [2.24, 2.45) is 5.73 Å². The molecular formula is C13H17N5O2. The summed E-state index contributed by atoms with van der Waals surface area (Å²) < 4.78 is 1.68. The highest BCUT2D eigenvalue weighted by Crippen LogP contribution is 2.15. The lowest BCUT2D eigenvalue weighted by atomic mass is 10.2. The molecular weight excluding hydrogens is 258 g/mol. The van der Waals surface area contributed by atoms with Crippen molar-refractivity contribution in [3.63, 3.8) is 0 Å². The fourth-order valence-corrected chi connectivity index (χ4v) is 1.78. The highest BCUT2D eigenvalue weighted by molar-refractivity contribution is 5.88. The van der Waals surface area contributed by atoms with Crippen LogP contribution in [0, 0.1) is 0 Å². The molecule has 0 fully saturated rings. The first-order valence-corrected chi connectivity index (χ1v) is 6.20. The normalized spacial score (nSPS) is 10.2. The molecule has 1 heterocycles. The third-order valence-corrected chi connectivity index (χ3v) is 2.64. The van der Waals surface area contributed by atoms with Gasteiger partial charge in [0.05, 0.1) is 19.3 Å². The number of nitrogens with two attached hydrogens (primary N) is 1. The monoisotopic (exact) mass is 275 g/mol. The summed E-state index contributed by atoms with van der Waals surface area (Å²) in [5.41, 5.74) is 7.58. The number of anilines is 2. The molecule has 106 valence electrons. The third kappa shape index (κ3) is 3.99. The Morgan fingerprint density at radius 3 is 2.95 bits per heavy atom. The molecule has 7 heteroatoms. The molecule has 0 unspecified atom stereocenters. The van der Waals surface area contributed by atoms with Crippen molar-refractivity contribution in [3.8, 4) is 0 Å². The van der Waals surface area contributed by atoms with E-state index >= 15 is 0 Å². The molecule has 0 spiro atoms. The molecule has 5 N–H and O–H groups in total. The maximum Gasteiger partial charge on any atom is 0.316 e. The zero-order valence-corrected chi connectivity index (χ0v) is 10.9. The Morgan fingerprint density at radius 1 is 1.40 bits per heavy atom. The zero-order valence-electron chi connectivity index (χ0n) is 10.9. The summed E-state index contributed by atoms with van der Waals surface area (Å²) in [6.07, 6.45) is 3.61. The summed E-state index contributed by atoms with van der Waals surface area (Å²) in [6.45, 7) is 1.15. The standard InChI is InChI=1S/C13H17N5O2/c14-13(20)17-12-3-1-2-11(6-12)15-7-10-8-16-18(9-10)4-5-19/h1-3,6,8-9,15,19H,4-5,7H2,(H3,14,17,20). The van der Waals surface area contributed by atoms with E-state index in [9.17, 15) is 4.79 Å². The number of hydrogen-bond donors (Lipinski definition) is 4. The average molecular weight is 275 g/mol. The van der Waals surface area contributed by atoms with Gasteiger partial charge in [0.25, 0.3) is 0 Å². The van der Waals surface area contributed by atoms with E-state index in [-0.39, 0.29) is 6.61 Å². The molecule has 2 aromatic rings. The van der Waals surface area contributed by atoms with Crippen molar-refractivity contribution in [2.45, 2.75) is 13.1 Å². The van der Waals surface area contributed by atoms with Crippen molar-refractivity contribution < 1.29 is 9.90 Å². The predicted molar refractivity (Wildman–Crippen MR) is 76.3 cm³/mol. The number of rotatable bonds is 6. The SMILES string of the molecule is NC(=O)Nc1cccc(NCc2cnn(CCO)c2)c1. The first kappa shape index (κ1) is 13.9. The Morgan fingerprint density at radius 2 is 2.20 bits per heavy atom. The number of benzene rings is 1. The number of carbonyl (C=O) groups excluding carboxylic acids is 1. The van der Waals surface area contributed by atoms with Crippen LogP contribution in [-0.4, -0.2) is 27.5 Å². The largest absolute Gasteiger partial charge is 0.394 e. The van der Waals surface area contributed by atoms with Gasteiger partial charge in [0.1, 0.15) is 0 Å². The number of aliphatic hydroxyl groups excluding tert-OH is 1. The number of amides is 2. The number of primary amides is 1. The van der Waals surface area contributed by atoms with Gasteiger partial charge in [-0.1, -0.05) is 6.07 Å². The van der Waals surface area contributed by atoms with Crippen LogP contribution < -0.4 is 16.4 Å². The molecule has 0 aliphatic carbocycles. The van der Waals surface area contributed by atoms with E-state index in [0.29, 0.717) is 18.8 Å². The molecule has 0 bridgehead atoms. The number of carbonyl (C=O) groups is 1. The summed E-state index contributed by atoms with van der Waals surface area (Å²) in [4.78, 5) is 10.8. The third-order valence-electron chi connectivity index (χ3n) is 2.64. The summed E-state index contributed by atoms with van der Waals surface area (Å²) >= 11 is 0. The molecule has 0 radical (unpaired) electrons. The smallest absolute Gasteiger partial charge is 0.316 e. The summed E-state index contributed by atoms with van der Waals surface area (Å²) in [6, 6.07) is 6.68. The number of nitrogens with one attached hydrogen (secondary N) is 2. The predicted octanol–water partition coefficient (Wildman–Crippen LogP) is 0.978. The highest BCUT2D eigenvalue weighted by Gasteiger charge is 2.00. The molecule has 1 aromatic heterocycles. The lowest BCUT2D eigenvalue weighted by Gasteiger charge is -2.07. The van der Waals surface area contributed by atoms with Crippen molar-refractivity contribution in [1.82, 2.24) is 9.78 Å². The Bertz CT molecular complexity index is 582. The van der Waals surface area contributed by atoms with Crippen molar-refractivity contribution in [1.29, 1.82) is 0 Å². The Kier molecular flexibility index (Phi) is 4.56. The molecule has 0 saturated carbocycles. The van der Waals surface area contributed by atoms with E-state index in [2.05, 4.69) is 15.7 Å². The second kappa shape index (κ2) is 6.58. The molecule has 0 atom stereocenters. The topological polar surface area (TPSA) is 105 Å². The van der Waals surface area contributed by atoms with Gasteiger partial charge in [-0.2, -0.15) is 5.10 Å². The highest BCUT2D eigenvalue weighted by atomic mass is 16.3. The second-order valence-electron chi connectivity index (χ2n) is 4.26. The van der Waals surface area contributed by atoms with Gasteiger partial charge in [-0.25, -0.2) is 4.79 Å². The molecule has 2 amide bonds. The number of nitrogens with zero attached hydrogens (tertiary/aromatic N) is 2. The molecule has 2 rings (SSSR count). The first-order valence-electron chi connectivity index (χ1n) is 6.20. The average Bonchev–Trinajstić information content (AvgIpc) is 2.84. The molecule has 0 saturated heterocycles. The van der Waals surface area contributed by atoms with Crippen LogP contribution in [0.3, 0.4) is 0 Å². The van der Waals surface area contributed by atoms with Crippen LogP contribution in [0.5, 0.6) is 0 Å². The number of aliphatic hydroxyl groups is 1. The maximum absolute atomic E-state index is 10.8. The van der Waals surface area contributed by atoms with Crippen LogP contribution in [0.4, 0.5) is 16.2 Å². The summed E-state index contributed by atoms with van der Waals surface area (Å²) in [7, 11) is 0. The van der Waals surface area contributed by atoms with E-state index in [1.807, 2.05) is 18.3 Å². The van der Waals surface area contributed by atoms with Gasteiger partial charge < -0.3 is 21.5 Å². The van der Waals surface area contributed by atoms with Crippen LogP contribution in [-0.2, 0) is 13.1 Å². The Balaban J connectivity index is 1.94. The van der Waals surface area contributed by atoms with E-state index < -0.39 is 6.03 Å². The van der Waals surface area contributed by atoms with Gasteiger partial charge in [0.15, 0.2) is 0 Å². The molecule has 0 aliphatic heterocycles. The van der Waals surface area contributed by atoms with Gasteiger partial charge in [0, 0.05) is 29.7 Å². The van der Waals surface area contributed by atoms with Crippen molar-refractivity contribution >= 4 is 17.4 Å². The fraction of sp³-hybridized carbons (Fsp3) is 0.231. The Hall–Kier alpha value is -2.54. The quantitative estimate of drug-likeness (QED) is 0.630. The van der Waals surface area contributed by atoms with Crippen LogP contribution in [0.15, 0.2) is 36.7 Å².